The normalized spacial score (nSPS) is 11.7. The Bertz CT molecular complexity index is 450. The largest absolute Gasteiger partial charge is 0.479 e. The van der Waals surface area contributed by atoms with Crippen LogP contribution in [-0.4, -0.2) is 48.3 Å². The van der Waals surface area contributed by atoms with Gasteiger partial charge >= 0.3 is 12.0 Å². The maximum atomic E-state index is 12.2. The summed E-state index contributed by atoms with van der Waals surface area (Å²) < 4.78 is 5.22. The predicted molar refractivity (Wildman–Crippen MR) is 79.1 cm³/mol. The van der Waals surface area contributed by atoms with Crippen molar-refractivity contribution in [1.29, 1.82) is 0 Å². The van der Waals surface area contributed by atoms with Gasteiger partial charge in [-0.1, -0.05) is 30.3 Å². The molecule has 1 atom stereocenters. The number of hydrogen-bond acceptors (Lipinski definition) is 3. The summed E-state index contributed by atoms with van der Waals surface area (Å²) in [6.07, 6.45) is 0. The molecule has 0 fully saturated rings. The number of rotatable bonds is 8. The Hall–Kier alpha value is -2.08. The lowest BCUT2D eigenvalue weighted by molar-refractivity contribution is -0.139. The molecule has 2 amide bonds. The number of carbonyl (C=O) groups excluding carboxylic acids is 1. The highest BCUT2D eigenvalue weighted by Crippen LogP contribution is 2.13. The molecule has 0 unspecified atom stereocenters. The molecule has 0 saturated heterocycles. The molecule has 0 aliphatic rings. The van der Waals surface area contributed by atoms with E-state index in [1.54, 1.807) is 30.3 Å². The van der Waals surface area contributed by atoms with E-state index in [-0.39, 0.29) is 0 Å². The molecule has 1 aromatic rings. The van der Waals surface area contributed by atoms with Gasteiger partial charge in [0.15, 0.2) is 6.04 Å². The summed E-state index contributed by atoms with van der Waals surface area (Å²) >= 11 is 0. The molecular weight excluding hydrogens is 272 g/mol. The standard InChI is InChI=1S/C15H22N2O4/c1-3-17(10-11-21-4-2)15(20)16-13(14(18)19)12-8-6-5-7-9-12/h5-9,13H,3-4,10-11H2,1-2H3,(H,16,20)(H,18,19)/t13-/m0/s1. The number of nitrogens with zero attached hydrogens (tertiary/aromatic N) is 1. The molecule has 1 aromatic carbocycles. The Morgan fingerprint density at radius 2 is 1.95 bits per heavy atom. The van der Waals surface area contributed by atoms with Crippen molar-refractivity contribution >= 4 is 12.0 Å². The lowest BCUT2D eigenvalue weighted by Crippen LogP contribution is -2.45. The number of benzene rings is 1. The average Bonchev–Trinajstić information content (AvgIpc) is 2.49. The molecule has 0 saturated carbocycles. The minimum Gasteiger partial charge on any atom is -0.479 e. The van der Waals surface area contributed by atoms with Crippen LogP contribution in [0.25, 0.3) is 0 Å². The number of likely N-dealkylation sites (N-methyl/N-ethyl adjacent to an activating group) is 1. The van der Waals surface area contributed by atoms with Crippen LogP contribution in [0.15, 0.2) is 30.3 Å². The molecule has 116 valence electrons. The monoisotopic (exact) mass is 294 g/mol. The fourth-order valence-corrected chi connectivity index (χ4v) is 1.87. The molecular formula is C15H22N2O4. The topological polar surface area (TPSA) is 78.9 Å². The lowest BCUT2D eigenvalue weighted by atomic mass is 10.1. The highest BCUT2D eigenvalue weighted by Gasteiger charge is 2.23. The van der Waals surface area contributed by atoms with Crippen molar-refractivity contribution in [3.05, 3.63) is 35.9 Å². The SMILES string of the molecule is CCOCCN(CC)C(=O)N[C@H](C(=O)O)c1ccccc1. The summed E-state index contributed by atoms with van der Waals surface area (Å²) in [6, 6.07) is 7.16. The Morgan fingerprint density at radius 1 is 1.29 bits per heavy atom. The second kappa shape index (κ2) is 8.97. The van der Waals surface area contributed by atoms with Gasteiger partial charge in [0.1, 0.15) is 0 Å². The van der Waals surface area contributed by atoms with E-state index in [0.717, 1.165) is 0 Å². The summed E-state index contributed by atoms with van der Waals surface area (Å²) in [5, 5.41) is 11.8. The fraction of sp³-hybridized carbons (Fsp3) is 0.467. The summed E-state index contributed by atoms with van der Waals surface area (Å²) in [7, 11) is 0. The van der Waals surface area contributed by atoms with E-state index in [2.05, 4.69) is 5.32 Å². The molecule has 0 aromatic heterocycles. The van der Waals surface area contributed by atoms with Crippen LogP contribution in [0.2, 0.25) is 0 Å². The van der Waals surface area contributed by atoms with Crippen molar-refractivity contribution in [1.82, 2.24) is 10.2 Å². The number of urea groups is 1. The highest BCUT2D eigenvalue weighted by molar-refractivity contribution is 5.83. The van der Waals surface area contributed by atoms with Crippen molar-refractivity contribution in [2.45, 2.75) is 19.9 Å². The summed E-state index contributed by atoms with van der Waals surface area (Å²) in [4.78, 5) is 25.0. The number of aliphatic carboxylic acids is 1. The van der Waals surface area contributed by atoms with Gasteiger partial charge in [0.2, 0.25) is 0 Å². The average molecular weight is 294 g/mol. The van der Waals surface area contributed by atoms with Crippen LogP contribution < -0.4 is 5.32 Å². The van der Waals surface area contributed by atoms with Gasteiger partial charge in [0.25, 0.3) is 0 Å². The van der Waals surface area contributed by atoms with Crippen molar-refractivity contribution in [2.75, 3.05) is 26.3 Å². The smallest absolute Gasteiger partial charge is 0.330 e. The first-order chi connectivity index (χ1) is 10.1. The van der Waals surface area contributed by atoms with Gasteiger partial charge in [-0.25, -0.2) is 9.59 Å². The van der Waals surface area contributed by atoms with Crippen molar-refractivity contribution in [3.63, 3.8) is 0 Å². The highest BCUT2D eigenvalue weighted by atomic mass is 16.5. The fourth-order valence-electron chi connectivity index (χ4n) is 1.87. The predicted octanol–water partition coefficient (Wildman–Crippen LogP) is 1.88. The van der Waals surface area contributed by atoms with E-state index in [0.29, 0.717) is 31.9 Å². The van der Waals surface area contributed by atoms with Crippen LogP contribution >= 0.6 is 0 Å². The summed E-state index contributed by atoms with van der Waals surface area (Å²) in [5.41, 5.74) is 0.541. The van der Waals surface area contributed by atoms with E-state index in [9.17, 15) is 14.7 Å². The zero-order valence-corrected chi connectivity index (χ0v) is 12.4. The number of ether oxygens (including phenoxy) is 1. The molecule has 1 rings (SSSR count). The molecule has 0 bridgehead atoms. The van der Waals surface area contributed by atoms with Gasteiger partial charge in [0, 0.05) is 19.7 Å². The maximum Gasteiger partial charge on any atom is 0.330 e. The van der Waals surface area contributed by atoms with Gasteiger partial charge in [-0.3, -0.25) is 0 Å². The minimum absolute atomic E-state index is 0.409. The minimum atomic E-state index is -1.09. The van der Waals surface area contributed by atoms with Gasteiger partial charge in [0.05, 0.1) is 6.61 Å². The second-order valence-electron chi connectivity index (χ2n) is 4.41. The number of carboxylic acids is 1. The third kappa shape index (κ3) is 5.43. The maximum absolute atomic E-state index is 12.2. The number of carboxylic acid groups (broad SMARTS) is 1. The molecule has 2 N–H and O–H groups in total. The van der Waals surface area contributed by atoms with Crippen molar-refractivity contribution in [3.8, 4) is 0 Å². The van der Waals surface area contributed by atoms with Crippen molar-refractivity contribution < 1.29 is 19.4 Å². The molecule has 0 radical (unpaired) electrons. The zero-order valence-electron chi connectivity index (χ0n) is 12.4. The van der Waals surface area contributed by atoms with Crippen LogP contribution in [0.1, 0.15) is 25.5 Å². The first kappa shape index (κ1) is 17.0. The first-order valence-electron chi connectivity index (χ1n) is 7.01. The number of nitrogens with one attached hydrogen (secondary N) is 1. The van der Waals surface area contributed by atoms with Crippen LogP contribution in [-0.2, 0) is 9.53 Å². The van der Waals surface area contributed by atoms with Crippen LogP contribution in [0.5, 0.6) is 0 Å². The van der Waals surface area contributed by atoms with Crippen LogP contribution in [0.3, 0.4) is 0 Å². The van der Waals surface area contributed by atoms with E-state index in [4.69, 9.17) is 4.74 Å². The molecule has 0 heterocycles. The first-order valence-corrected chi connectivity index (χ1v) is 7.01. The third-order valence-corrected chi connectivity index (χ3v) is 3.03. The van der Waals surface area contributed by atoms with Crippen LogP contribution in [0.4, 0.5) is 4.79 Å². The molecule has 6 heteroatoms. The molecule has 0 spiro atoms. The van der Waals surface area contributed by atoms with E-state index in [1.807, 2.05) is 13.8 Å². The van der Waals surface area contributed by atoms with E-state index >= 15 is 0 Å². The number of hydrogen-bond donors (Lipinski definition) is 2. The Balaban J connectivity index is 2.69. The van der Waals surface area contributed by atoms with Crippen molar-refractivity contribution in [2.24, 2.45) is 0 Å². The van der Waals surface area contributed by atoms with Gasteiger partial charge < -0.3 is 20.1 Å². The molecule has 0 aliphatic carbocycles. The number of carbonyl (C=O) groups is 2. The third-order valence-electron chi connectivity index (χ3n) is 3.03. The van der Waals surface area contributed by atoms with Gasteiger partial charge in [-0.05, 0) is 19.4 Å². The summed E-state index contributed by atoms with van der Waals surface area (Å²) in [6.45, 7) is 5.65. The van der Waals surface area contributed by atoms with Crippen LogP contribution in [0, 0.1) is 0 Å². The Labute approximate surface area is 124 Å². The van der Waals surface area contributed by atoms with E-state index < -0.39 is 18.0 Å². The Morgan fingerprint density at radius 3 is 2.48 bits per heavy atom. The quantitative estimate of drug-likeness (QED) is 0.718. The second-order valence-corrected chi connectivity index (χ2v) is 4.41. The number of amides is 2. The molecule has 21 heavy (non-hydrogen) atoms. The summed E-state index contributed by atoms with van der Waals surface area (Å²) in [5.74, 6) is -1.09. The molecule has 6 nitrogen and oxygen atoms in total. The van der Waals surface area contributed by atoms with Gasteiger partial charge in [-0.15, -0.1) is 0 Å². The molecule has 0 aliphatic heterocycles. The Kier molecular flexibility index (Phi) is 7.25. The van der Waals surface area contributed by atoms with Gasteiger partial charge in [-0.2, -0.15) is 0 Å². The van der Waals surface area contributed by atoms with E-state index in [1.165, 1.54) is 4.90 Å². The zero-order chi connectivity index (χ0) is 15.7. The lowest BCUT2D eigenvalue weighted by Gasteiger charge is -2.24.